The molecule has 0 atom stereocenters. The molecule has 1 aliphatic carbocycles. The van der Waals surface area contributed by atoms with Crippen molar-refractivity contribution in [2.24, 2.45) is 0 Å². The molecule has 185 valence electrons. The van der Waals surface area contributed by atoms with Crippen molar-refractivity contribution in [3.05, 3.63) is 121 Å². The van der Waals surface area contributed by atoms with Gasteiger partial charge in [0.1, 0.15) is 5.58 Å². The van der Waals surface area contributed by atoms with E-state index in [-0.39, 0.29) is 32.2 Å². The molecule has 6 aromatic rings. The van der Waals surface area contributed by atoms with E-state index in [1.807, 2.05) is 72.8 Å². The monoisotopic (exact) mass is 662 g/mol. The fourth-order valence-corrected chi connectivity index (χ4v) is 4.64. The van der Waals surface area contributed by atoms with Crippen LogP contribution < -0.4 is 0 Å². The van der Waals surface area contributed by atoms with E-state index in [2.05, 4.69) is 22.1 Å². The molecule has 0 aliphatic heterocycles. The Labute approximate surface area is 235 Å². The summed E-state index contributed by atoms with van der Waals surface area (Å²) in [6.45, 7) is 0. The molecule has 1 saturated carbocycles. The molecule has 3 aromatic heterocycles. The van der Waals surface area contributed by atoms with Crippen LogP contribution in [0.25, 0.3) is 44.5 Å². The summed E-state index contributed by atoms with van der Waals surface area (Å²) in [6.07, 6.45) is 6.84. The van der Waals surface area contributed by atoms with Crippen molar-refractivity contribution in [3.8, 4) is 22.5 Å². The Hall–Kier alpha value is -3.59. The molecule has 3 heterocycles. The van der Waals surface area contributed by atoms with Crippen molar-refractivity contribution in [2.45, 2.75) is 31.6 Å². The van der Waals surface area contributed by atoms with Gasteiger partial charge in [-0.3, -0.25) is 0 Å². The number of nitrogens with zero attached hydrogens (tertiary/aromatic N) is 2. The topological polar surface area (TPSA) is 38.9 Å². The minimum atomic E-state index is -0.784. The van der Waals surface area contributed by atoms with E-state index in [1.165, 1.54) is 0 Å². The first kappa shape index (κ1) is 21.5. The molecule has 0 bridgehead atoms. The van der Waals surface area contributed by atoms with Gasteiger partial charge in [0.05, 0.1) is 8.32 Å². The Morgan fingerprint density at radius 1 is 0.811 bits per heavy atom. The second kappa shape index (κ2) is 11.6. The van der Waals surface area contributed by atoms with Crippen molar-refractivity contribution >= 4 is 21.9 Å². The molecular formula is C33H26IrN2O-2. The zero-order valence-corrected chi connectivity index (χ0v) is 22.5. The molecule has 37 heavy (non-hydrogen) atoms. The van der Waals surface area contributed by atoms with Gasteiger partial charge in [0.25, 0.3) is 0 Å². The Kier molecular flexibility index (Phi) is 6.76. The van der Waals surface area contributed by atoms with Gasteiger partial charge in [0, 0.05) is 39.3 Å². The molecule has 0 saturated heterocycles. The molecular weight excluding hydrogens is 633 g/mol. The predicted octanol–water partition coefficient (Wildman–Crippen LogP) is 8.65. The third-order valence-corrected chi connectivity index (χ3v) is 6.45. The summed E-state index contributed by atoms with van der Waals surface area (Å²) < 4.78 is 31.7. The molecule has 7 rings (SSSR count). The fraction of sp³-hybridized carbons (Fsp3) is 0.152. The van der Waals surface area contributed by atoms with Gasteiger partial charge in [-0.25, -0.2) is 0 Å². The maximum Gasteiger partial charge on any atom is 0.120 e. The van der Waals surface area contributed by atoms with Gasteiger partial charge >= 0.3 is 0 Å². The van der Waals surface area contributed by atoms with Crippen LogP contribution in [0.1, 0.15) is 41.3 Å². The van der Waals surface area contributed by atoms with Crippen LogP contribution >= 0.6 is 0 Å². The second-order valence-electron chi connectivity index (χ2n) is 8.77. The number of para-hydroxylation sites is 1. The summed E-state index contributed by atoms with van der Waals surface area (Å²) in [6, 6.07) is 31.7. The SMILES string of the molecule is [2H]c1c(C2([2H])CCCC2)cnc(-c2[c-]ccc3c2oc2ccccc23)c1[2H].[Ir].[c-]1ccccc1-c1ccccn1. The van der Waals surface area contributed by atoms with Gasteiger partial charge in [0.15, 0.2) is 0 Å². The summed E-state index contributed by atoms with van der Waals surface area (Å²) in [7, 11) is 0. The van der Waals surface area contributed by atoms with Crippen LogP contribution in [0.3, 0.4) is 0 Å². The molecule has 0 N–H and O–H groups in total. The Morgan fingerprint density at radius 3 is 2.46 bits per heavy atom. The van der Waals surface area contributed by atoms with Crippen LogP contribution in [0.5, 0.6) is 0 Å². The third kappa shape index (κ3) is 5.41. The average Bonchev–Trinajstić information content (AvgIpc) is 3.60. The molecule has 0 spiro atoms. The largest absolute Gasteiger partial charge is 0.501 e. The van der Waals surface area contributed by atoms with Gasteiger partial charge in [-0.15, -0.1) is 54.1 Å². The average molecular weight is 662 g/mol. The Balaban J connectivity index is 0.000000209. The van der Waals surface area contributed by atoms with Crippen molar-refractivity contribution < 1.29 is 28.6 Å². The van der Waals surface area contributed by atoms with Crippen molar-refractivity contribution in [3.63, 3.8) is 0 Å². The van der Waals surface area contributed by atoms with Crippen molar-refractivity contribution in [2.75, 3.05) is 0 Å². The molecule has 0 amide bonds. The molecule has 1 aliphatic rings. The fourth-order valence-electron chi connectivity index (χ4n) is 4.64. The number of aromatic nitrogens is 2. The van der Waals surface area contributed by atoms with Gasteiger partial charge in [-0.1, -0.05) is 66.2 Å². The van der Waals surface area contributed by atoms with Crippen LogP contribution in [0.15, 0.2) is 108 Å². The molecule has 1 fully saturated rings. The van der Waals surface area contributed by atoms with Gasteiger partial charge in [0.2, 0.25) is 0 Å². The van der Waals surface area contributed by atoms with Crippen molar-refractivity contribution in [1.29, 1.82) is 0 Å². The standard InChI is InChI=1S/C22H18NO.C11H8N.Ir/c1-2-7-15(6-1)16-12-13-20(23-14-16)19-10-5-9-18-17-8-3-4-11-21(17)24-22(18)19;1-2-6-10(7-3-1)11-8-4-5-9-12-11;/h3-5,8-9,11-15H,1-2,6-7H2;1-6,8-9H;/q2*-1;/i12D,13D,15D;;. The van der Waals surface area contributed by atoms with Gasteiger partial charge in [-0.05, 0) is 47.8 Å². The minimum absolute atomic E-state index is 0. The smallest absolute Gasteiger partial charge is 0.120 e. The molecule has 1 radical (unpaired) electrons. The molecule has 3 nitrogen and oxygen atoms in total. The summed E-state index contributed by atoms with van der Waals surface area (Å²) >= 11 is 0. The van der Waals surface area contributed by atoms with E-state index in [0.29, 0.717) is 22.4 Å². The first-order valence-corrected chi connectivity index (χ1v) is 12.2. The van der Waals surface area contributed by atoms with E-state index in [9.17, 15) is 0 Å². The zero-order valence-electron chi connectivity index (χ0n) is 23.1. The number of pyridine rings is 2. The van der Waals surface area contributed by atoms with E-state index in [4.69, 9.17) is 8.53 Å². The van der Waals surface area contributed by atoms with E-state index < -0.39 is 5.89 Å². The van der Waals surface area contributed by atoms with Gasteiger partial charge in [-0.2, -0.15) is 0 Å². The minimum Gasteiger partial charge on any atom is -0.501 e. The van der Waals surface area contributed by atoms with E-state index >= 15 is 0 Å². The zero-order chi connectivity index (χ0) is 26.8. The van der Waals surface area contributed by atoms with Gasteiger partial charge < -0.3 is 14.4 Å². The summed E-state index contributed by atoms with van der Waals surface area (Å²) in [4.78, 5) is 8.72. The second-order valence-corrected chi connectivity index (χ2v) is 8.77. The number of hydrogen-bond donors (Lipinski definition) is 0. The van der Waals surface area contributed by atoms with Crippen LogP contribution in [-0.2, 0) is 20.1 Å². The summed E-state index contributed by atoms with van der Waals surface area (Å²) in [5.41, 5.74) is 4.96. The van der Waals surface area contributed by atoms with Crippen LogP contribution in [-0.4, -0.2) is 9.97 Å². The molecule has 4 heteroatoms. The maximum absolute atomic E-state index is 8.67. The first-order valence-electron chi connectivity index (χ1n) is 13.7. The maximum atomic E-state index is 8.67. The van der Waals surface area contributed by atoms with Crippen LogP contribution in [0.4, 0.5) is 0 Å². The first-order chi connectivity index (χ1) is 19.0. The third-order valence-electron chi connectivity index (χ3n) is 6.45. The Morgan fingerprint density at radius 2 is 1.65 bits per heavy atom. The van der Waals surface area contributed by atoms with E-state index in [1.54, 1.807) is 18.5 Å². The normalized spacial score (nSPS) is 15.2. The Bertz CT molecular complexity index is 1710. The molecule has 0 unspecified atom stereocenters. The van der Waals surface area contributed by atoms with Crippen LogP contribution in [0.2, 0.25) is 0 Å². The summed E-state index contributed by atoms with van der Waals surface area (Å²) in [5.74, 6) is -0.784. The van der Waals surface area contributed by atoms with Crippen molar-refractivity contribution in [1.82, 2.24) is 9.97 Å². The predicted molar refractivity (Wildman–Crippen MR) is 146 cm³/mol. The summed E-state index contributed by atoms with van der Waals surface area (Å²) in [5, 5.41) is 1.96. The molecule has 3 aromatic carbocycles. The van der Waals surface area contributed by atoms with E-state index in [0.717, 1.165) is 53.3 Å². The number of hydrogen-bond acceptors (Lipinski definition) is 3. The number of fused-ring (bicyclic) bond motifs is 3. The number of rotatable bonds is 3. The quantitative estimate of drug-likeness (QED) is 0.178. The van der Waals surface area contributed by atoms with Crippen LogP contribution in [0, 0.1) is 12.1 Å². The number of benzene rings is 3. The number of furan rings is 1.